The summed E-state index contributed by atoms with van der Waals surface area (Å²) in [5.74, 6) is 1.02. The van der Waals surface area contributed by atoms with Gasteiger partial charge in [-0.05, 0) is 107 Å². The van der Waals surface area contributed by atoms with Gasteiger partial charge in [0.2, 0.25) is 20.4 Å². The van der Waals surface area contributed by atoms with E-state index < -0.39 is 46.8 Å². The van der Waals surface area contributed by atoms with Crippen LogP contribution < -0.4 is 45.6 Å². The van der Waals surface area contributed by atoms with Gasteiger partial charge in [0.05, 0.1) is 52.5 Å². The van der Waals surface area contributed by atoms with Crippen molar-refractivity contribution in [1.29, 1.82) is 0 Å². The highest BCUT2D eigenvalue weighted by atomic mass is 19.4. The lowest BCUT2D eigenvalue weighted by Gasteiger charge is -2.30. The second-order valence-corrected chi connectivity index (χ2v) is 24.1. The van der Waals surface area contributed by atoms with Gasteiger partial charge in [-0.3, -0.25) is 19.2 Å². The van der Waals surface area contributed by atoms with Crippen LogP contribution in [0.3, 0.4) is 0 Å². The molecule has 3 atom stereocenters. The van der Waals surface area contributed by atoms with Crippen molar-refractivity contribution in [3.63, 3.8) is 0 Å². The van der Waals surface area contributed by atoms with Gasteiger partial charge in [-0.2, -0.15) is 13.2 Å². The van der Waals surface area contributed by atoms with Gasteiger partial charge in [0.1, 0.15) is 5.69 Å². The summed E-state index contributed by atoms with van der Waals surface area (Å²) in [6.45, 7) is 4.74. The number of halogens is 3. The summed E-state index contributed by atoms with van der Waals surface area (Å²) in [7, 11) is 0. The van der Waals surface area contributed by atoms with Gasteiger partial charge >= 0.3 is 12.1 Å². The highest BCUT2D eigenvalue weighted by molar-refractivity contribution is 6.08. The number of nitrogens with zero attached hydrogens (tertiary/aromatic N) is 3. The normalized spacial score (nSPS) is 16.2. The Balaban J connectivity index is 0.000000114. The van der Waals surface area contributed by atoms with Crippen LogP contribution in [0, 0.1) is 0 Å². The molecule has 18 rings (SSSR count). The number of hydrogen-bond acceptors (Lipinski definition) is 12. The lowest BCUT2D eigenvalue weighted by Crippen LogP contribution is -2.27. The molecule has 488 valence electrons. The molecular weight excluding hydrogens is 1250 g/mol. The van der Waals surface area contributed by atoms with Crippen molar-refractivity contribution in [1.82, 2.24) is 28.7 Å². The number of amides is 3. The first kappa shape index (κ1) is 59.9. The molecular formula is C73H58F3N9O12. The van der Waals surface area contributed by atoms with E-state index >= 15 is 0 Å². The van der Waals surface area contributed by atoms with Crippen molar-refractivity contribution < 1.29 is 70.3 Å². The molecule has 6 aliphatic heterocycles. The molecule has 0 radical (unpaired) electrons. The third-order valence-electron chi connectivity index (χ3n) is 19.0. The summed E-state index contributed by atoms with van der Waals surface area (Å²) in [6, 6.07) is 41.0. The van der Waals surface area contributed by atoms with Crippen LogP contribution in [0.15, 0.2) is 140 Å². The van der Waals surface area contributed by atoms with Gasteiger partial charge in [0, 0.05) is 98.0 Å². The smallest absolute Gasteiger partial charge is 0.432 e. The van der Waals surface area contributed by atoms with Crippen LogP contribution in [-0.4, -0.2) is 85.6 Å². The van der Waals surface area contributed by atoms with Crippen LogP contribution in [0.25, 0.3) is 32.7 Å². The second kappa shape index (κ2) is 22.8. The number of aromatic nitrogens is 6. The number of nitrogens with two attached hydrogens (primary N) is 3. The SMILES string of the molecule is CCOC(=O)c1cc(CC)n2c1Cc1c([nH]c3ccccc13)[C@H]2c1ccc2c(c1)OCO2.NC(=O)c1c(C=O)c(C(F)(F)F)n2c1Cc1c([nH]c3ccccc13)[C@H]2c1ccc2c(c1)OCO2.NC(=O)c1cn2c(c1C(N)=O)Cc1c([nH]c3ccccc13)[C@H]2c1ccc2c(c1)OCO2. The van der Waals surface area contributed by atoms with Gasteiger partial charge in [0.15, 0.2) is 40.8 Å². The average molecular weight is 1310 g/mol. The molecule has 12 aromatic rings. The second-order valence-electron chi connectivity index (χ2n) is 24.1. The zero-order chi connectivity index (χ0) is 66.9. The summed E-state index contributed by atoms with van der Waals surface area (Å²) in [5, 5.41) is 3.06. The Bertz CT molecular complexity index is 5330. The quantitative estimate of drug-likeness (QED) is 0.0550. The molecule has 24 heteroatoms. The molecule has 21 nitrogen and oxygen atoms in total. The lowest BCUT2D eigenvalue weighted by molar-refractivity contribution is -0.144. The molecule has 6 aromatic heterocycles. The average Bonchev–Trinajstić information content (AvgIpc) is 1.58. The minimum absolute atomic E-state index is 0.00437. The molecule has 12 heterocycles. The summed E-state index contributed by atoms with van der Waals surface area (Å²) in [4.78, 5) is 72.0. The van der Waals surface area contributed by atoms with Gasteiger partial charge in [0.25, 0.3) is 17.7 Å². The first-order valence-corrected chi connectivity index (χ1v) is 31.3. The molecule has 0 spiro atoms. The predicted molar refractivity (Wildman–Crippen MR) is 347 cm³/mol. The maximum Gasteiger partial charge on any atom is 0.432 e. The van der Waals surface area contributed by atoms with Crippen molar-refractivity contribution in [2.24, 2.45) is 17.2 Å². The van der Waals surface area contributed by atoms with E-state index in [-0.39, 0.29) is 68.0 Å². The number of carbonyl (C=O) groups excluding carboxylic acids is 5. The number of aldehydes is 1. The van der Waals surface area contributed by atoms with E-state index in [1.165, 1.54) is 10.9 Å². The van der Waals surface area contributed by atoms with E-state index in [0.717, 1.165) is 94.8 Å². The maximum atomic E-state index is 14.4. The summed E-state index contributed by atoms with van der Waals surface area (Å²) >= 11 is 0. The third-order valence-corrected chi connectivity index (χ3v) is 19.0. The zero-order valence-electron chi connectivity index (χ0n) is 51.9. The van der Waals surface area contributed by atoms with Gasteiger partial charge in [-0.1, -0.05) is 79.7 Å². The van der Waals surface area contributed by atoms with Crippen molar-refractivity contribution in [2.45, 2.75) is 63.8 Å². The molecule has 0 bridgehead atoms. The Hall–Kier alpha value is -12.1. The van der Waals surface area contributed by atoms with E-state index in [1.54, 1.807) is 24.4 Å². The topological polar surface area (TPSA) is 290 Å². The van der Waals surface area contributed by atoms with Crippen LogP contribution in [0.1, 0.15) is 163 Å². The fourth-order valence-electron chi connectivity index (χ4n) is 15.1. The minimum atomic E-state index is -4.92. The first-order chi connectivity index (χ1) is 47.0. The molecule has 6 aliphatic rings. The number of esters is 1. The van der Waals surface area contributed by atoms with Crippen molar-refractivity contribution >= 4 is 62.7 Å². The molecule has 0 saturated carbocycles. The number of H-pyrrole nitrogens is 3. The van der Waals surface area contributed by atoms with Crippen molar-refractivity contribution in [3.05, 3.63) is 246 Å². The molecule has 9 N–H and O–H groups in total. The highest BCUT2D eigenvalue weighted by Crippen LogP contribution is 2.50. The van der Waals surface area contributed by atoms with E-state index in [9.17, 15) is 37.1 Å². The number of benzene rings is 6. The largest absolute Gasteiger partial charge is 0.462 e. The van der Waals surface area contributed by atoms with Gasteiger partial charge < -0.3 is 79.0 Å². The number of rotatable bonds is 10. The number of alkyl halides is 3. The molecule has 97 heavy (non-hydrogen) atoms. The molecule has 6 aromatic carbocycles. The van der Waals surface area contributed by atoms with Crippen LogP contribution in [0.5, 0.6) is 34.5 Å². The predicted octanol–water partition coefficient (Wildman–Crippen LogP) is 11.6. The number of primary amides is 3. The van der Waals surface area contributed by atoms with Crippen molar-refractivity contribution in [3.8, 4) is 34.5 Å². The number of hydrogen-bond donors (Lipinski definition) is 6. The Morgan fingerprint density at radius 3 is 1.40 bits per heavy atom. The minimum Gasteiger partial charge on any atom is -0.462 e. The number of aryl methyl sites for hydroxylation is 1. The van der Waals surface area contributed by atoms with E-state index in [1.807, 2.05) is 96.4 Å². The molecule has 0 saturated heterocycles. The number of ether oxygens (including phenoxy) is 7. The first-order valence-electron chi connectivity index (χ1n) is 31.3. The number of aromatic amines is 3. The zero-order valence-corrected chi connectivity index (χ0v) is 51.9. The number of carbonyl (C=O) groups is 5. The Morgan fingerprint density at radius 2 is 0.959 bits per heavy atom. The standard InChI is InChI=1S/C26H24N2O4.C24H16F3N3O4.C23H18N4O4/c1-3-16-12-19(26(29)30-4-2)21-13-18-17-7-5-6-8-20(17)27-24(18)25(28(16)21)15-9-10-22-23(11-15)32-14-31-22;25-24(26,27)22-14(9-31)19(23(28)32)16-8-13-12-3-1-2-4-15(12)29-20(13)21(30(16)22)11-5-6-17-18(7-11)34-10-33-17;24-22(28)14-9-27-16(19(14)23(25)29)8-13-12-3-1-2-4-15(12)26-20(13)21(27)11-5-6-17-18(7-11)31-10-30-17/h5-12,25,27H,3-4,13-14H2,1-2H3;1-7,9,21,29H,8,10H2,(H2,28,32);1-7,9,21,26H,8,10H2,(H2,24,28)(H2,25,29)/t25-;2*21-/m111/s1. The molecule has 0 fully saturated rings. The number of fused-ring (bicyclic) bond motifs is 15. The summed E-state index contributed by atoms with van der Waals surface area (Å²) in [6.07, 6.45) is -1.31. The third kappa shape index (κ3) is 9.54. The van der Waals surface area contributed by atoms with E-state index in [0.29, 0.717) is 65.0 Å². The highest BCUT2D eigenvalue weighted by Gasteiger charge is 2.47. The van der Waals surface area contributed by atoms with Crippen LogP contribution >= 0.6 is 0 Å². The monoisotopic (exact) mass is 1310 g/mol. The maximum absolute atomic E-state index is 14.4. The van der Waals surface area contributed by atoms with Crippen LogP contribution in [0.2, 0.25) is 0 Å². The van der Waals surface area contributed by atoms with Crippen LogP contribution in [0.4, 0.5) is 13.2 Å². The molecule has 0 unspecified atom stereocenters. The lowest BCUT2D eigenvalue weighted by atomic mass is 9.91. The van der Waals surface area contributed by atoms with E-state index in [2.05, 4.69) is 56.8 Å². The molecule has 3 amide bonds. The number of nitrogens with one attached hydrogen (secondary N) is 3. The van der Waals surface area contributed by atoms with Gasteiger partial charge in [-0.25, -0.2) is 4.79 Å². The van der Waals surface area contributed by atoms with Crippen LogP contribution in [-0.2, 0) is 36.6 Å². The summed E-state index contributed by atoms with van der Waals surface area (Å²) in [5.41, 5.74) is 29.2. The molecule has 0 aliphatic carbocycles. The summed E-state index contributed by atoms with van der Waals surface area (Å²) < 4.78 is 86.9. The number of para-hydroxylation sites is 3. The fourth-order valence-corrected chi connectivity index (χ4v) is 15.1. The van der Waals surface area contributed by atoms with Crippen molar-refractivity contribution in [2.75, 3.05) is 27.0 Å². The van der Waals surface area contributed by atoms with Gasteiger partial charge in [-0.15, -0.1) is 0 Å². The Labute approximate surface area is 548 Å². The fraction of sp³-hybridized carbons (Fsp3) is 0.192. The Morgan fingerprint density at radius 1 is 0.526 bits per heavy atom. The Kier molecular flexibility index (Phi) is 14.1. The van der Waals surface area contributed by atoms with E-state index in [4.69, 9.17) is 50.4 Å².